The van der Waals surface area contributed by atoms with E-state index in [9.17, 15) is 0 Å². The van der Waals surface area contributed by atoms with Gasteiger partial charge in [-0.1, -0.05) is 19.3 Å². The van der Waals surface area contributed by atoms with Crippen LogP contribution in [0.5, 0.6) is 0 Å². The molecule has 1 heterocycles. The molecule has 2 N–H and O–H groups in total. The maximum atomic E-state index is 6.02. The average molecular weight is 355 g/mol. The van der Waals surface area contributed by atoms with Crippen LogP contribution in [0.2, 0.25) is 0 Å². The summed E-state index contributed by atoms with van der Waals surface area (Å²) in [7, 11) is 0. The molecule has 0 spiro atoms. The Bertz CT molecular complexity index is 555. The minimum atomic E-state index is 0.666. The van der Waals surface area contributed by atoms with Crippen LogP contribution < -0.4 is 5.73 Å². The highest BCUT2D eigenvalue weighted by atomic mass is 127. The number of nitrogens with two attached hydrogens (primary N) is 1. The van der Waals surface area contributed by atoms with Crippen LogP contribution in [0.25, 0.3) is 10.9 Å². The molecule has 0 unspecified atom stereocenters. The third-order valence-corrected chi connectivity index (χ3v) is 4.57. The molecule has 96 valence electrons. The highest BCUT2D eigenvalue weighted by Gasteiger charge is 2.16. The molecule has 0 atom stereocenters. The first kappa shape index (κ1) is 12.3. The fraction of sp³-hybridized carbons (Fsp3) is 0.500. The maximum Gasteiger partial charge on any atom is 0.153 e. The topological polar surface area (TPSA) is 43.8 Å². The molecule has 1 saturated carbocycles. The van der Waals surface area contributed by atoms with Gasteiger partial charge in [0.15, 0.2) is 5.82 Å². The molecule has 0 amide bonds. The summed E-state index contributed by atoms with van der Waals surface area (Å²) >= 11 is 2.32. The highest BCUT2D eigenvalue weighted by Crippen LogP contribution is 2.28. The van der Waals surface area contributed by atoms with Gasteiger partial charge in [0.25, 0.3) is 0 Å². The van der Waals surface area contributed by atoms with E-state index in [2.05, 4.69) is 50.6 Å². The van der Waals surface area contributed by atoms with Gasteiger partial charge in [0.05, 0.1) is 5.52 Å². The van der Waals surface area contributed by atoms with Gasteiger partial charge in [-0.25, -0.2) is 0 Å². The van der Waals surface area contributed by atoms with Crippen molar-refractivity contribution in [2.24, 2.45) is 5.92 Å². The number of halogens is 1. The Balaban J connectivity index is 1.91. The van der Waals surface area contributed by atoms with Crippen molar-refractivity contribution >= 4 is 39.3 Å². The molecule has 0 radical (unpaired) electrons. The number of anilines is 1. The van der Waals surface area contributed by atoms with Crippen molar-refractivity contribution in [3.05, 3.63) is 21.8 Å². The third-order valence-electron chi connectivity index (χ3n) is 3.90. The number of benzene rings is 1. The molecular formula is C14H18IN3. The zero-order chi connectivity index (χ0) is 12.5. The first-order valence-electron chi connectivity index (χ1n) is 6.65. The summed E-state index contributed by atoms with van der Waals surface area (Å²) < 4.78 is 3.32. The van der Waals surface area contributed by atoms with Crippen LogP contribution in [-0.2, 0) is 6.54 Å². The lowest BCUT2D eigenvalue weighted by Gasteiger charge is -2.21. The Morgan fingerprint density at radius 2 is 2.06 bits per heavy atom. The summed E-state index contributed by atoms with van der Waals surface area (Å²) in [6.07, 6.45) is 6.82. The van der Waals surface area contributed by atoms with Crippen molar-refractivity contribution < 1.29 is 0 Å². The molecule has 1 aromatic carbocycles. The molecule has 3 rings (SSSR count). The Morgan fingerprint density at radius 1 is 1.28 bits per heavy atom. The quantitative estimate of drug-likeness (QED) is 0.833. The molecule has 0 saturated heterocycles. The average Bonchev–Trinajstić information content (AvgIpc) is 2.67. The second-order valence-electron chi connectivity index (χ2n) is 5.23. The first-order valence-corrected chi connectivity index (χ1v) is 7.73. The summed E-state index contributed by atoms with van der Waals surface area (Å²) in [4.78, 5) is 0. The fourth-order valence-corrected chi connectivity index (χ4v) is 3.42. The van der Waals surface area contributed by atoms with E-state index >= 15 is 0 Å². The lowest BCUT2D eigenvalue weighted by molar-refractivity contribution is 0.312. The molecule has 1 aliphatic rings. The van der Waals surface area contributed by atoms with Crippen molar-refractivity contribution in [3.8, 4) is 0 Å². The minimum Gasteiger partial charge on any atom is -0.382 e. The van der Waals surface area contributed by atoms with Crippen LogP contribution in [0.1, 0.15) is 32.1 Å². The van der Waals surface area contributed by atoms with Crippen LogP contribution in [0.3, 0.4) is 0 Å². The van der Waals surface area contributed by atoms with Gasteiger partial charge >= 0.3 is 0 Å². The van der Waals surface area contributed by atoms with Crippen molar-refractivity contribution in [2.45, 2.75) is 38.6 Å². The monoisotopic (exact) mass is 355 g/mol. The Kier molecular flexibility index (Phi) is 3.46. The summed E-state index contributed by atoms with van der Waals surface area (Å²) in [5.41, 5.74) is 7.19. The highest BCUT2D eigenvalue weighted by molar-refractivity contribution is 14.1. The van der Waals surface area contributed by atoms with Gasteiger partial charge in [-0.15, -0.1) is 0 Å². The van der Waals surface area contributed by atoms with Crippen molar-refractivity contribution in [1.29, 1.82) is 0 Å². The van der Waals surface area contributed by atoms with Crippen molar-refractivity contribution in [2.75, 3.05) is 5.73 Å². The van der Waals surface area contributed by atoms with Crippen LogP contribution in [0, 0.1) is 9.49 Å². The Hall–Kier alpha value is -0.780. The van der Waals surface area contributed by atoms with E-state index in [1.807, 2.05) is 0 Å². The normalized spacial score (nSPS) is 17.4. The van der Waals surface area contributed by atoms with Crippen LogP contribution >= 0.6 is 22.6 Å². The van der Waals surface area contributed by atoms with Gasteiger partial charge < -0.3 is 5.73 Å². The molecular weight excluding hydrogens is 337 g/mol. The lowest BCUT2D eigenvalue weighted by atomic mass is 9.89. The predicted molar refractivity (Wildman–Crippen MR) is 83.4 cm³/mol. The van der Waals surface area contributed by atoms with Gasteiger partial charge in [0.2, 0.25) is 0 Å². The minimum absolute atomic E-state index is 0.666. The smallest absolute Gasteiger partial charge is 0.153 e. The summed E-state index contributed by atoms with van der Waals surface area (Å²) in [6.45, 7) is 1.02. The SMILES string of the molecule is Nc1nn(CC2CCCCC2)c2ccc(I)cc12. The van der Waals surface area contributed by atoms with Crippen LogP contribution in [0.15, 0.2) is 18.2 Å². The lowest BCUT2D eigenvalue weighted by Crippen LogP contribution is -2.15. The van der Waals surface area contributed by atoms with E-state index in [1.165, 1.54) is 41.2 Å². The zero-order valence-electron chi connectivity index (χ0n) is 10.4. The molecule has 0 bridgehead atoms. The first-order chi connectivity index (χ1) is 8.74. The van der Waals surface area contributed by atoms with E-state index < -0.39 is 0 Å². The van der Waals surface area contributed by atoms with Gasteiger partial charge in [-0.05, 0) is 59.5 Å². The summed E-state index contributed by atoms with van der Waals surface area (Å²) in [5.74, 6) is 1.44. The van der Waals surface area contributed by atoms with E-state index in [0.29, 0.717) is 5.82 Å². The zero-order valence-corrected chi connectivity index (χ0v) is 12.6. The van der Waals surface area contributed by atoms with E-state index in [-0.39, 0.29) is 0 Å². The standard InChI is InChI=1S/C14H18IN3/c15-11-6-7-13-12(8-11)14(16)17-18(13)9-10-4-2-1-3-5-10/h6-8,10H,1-5,9H2,(H2,16,17). The molecule has 4 heteroatoms. The van der Waals surface area contributed by atoms with E-state index in [1.54, 1.807) is 0 Å². The van der Waals surface area contributed by atoms with Crippen molar-refractivity contribution in [1.82, 2.24) is 9.78 Å². The number of rotatable bonds is 2. The van der Waals surface area contributed by atoms with E-state index in [4.69, 9.17) is 5.73 Å². The number of fused-ring (bicyclic) bond motifs is 1. The van der Waals surface area contributed by atoms with Gasteiger partial charge in [-0.3, -0.25) is 4.68 Å². The molecule has 1 fully saturated rings. The van der Waals surface area contributed by atoms with Gasteiger partial charge in [0, 0.05) is 15.5 Å². The molecule has 0 aliphatic heterocycles. The number of aromatic nitrogens is 2. The third kappa shape index (κ3) is 2.35. The molecule has 2 aromatic rings. The Labute approximate surface area is 121 Å². The van der Waals surface area contributed by atoms with Crippen molar-refractivity contribution in [3.63, 3.8) is 0 Å². The molecule has 1 aromatic heterocycles. The van der Waals surface area contributed by atoms with Crippen LogP contribution in [-0.4, -0.2) is 9.78 Å². The number of nitrogens with zero attached hydrogens (tertiary/aromatic N) is 2. The summed E-state index contributed by atoms with van der Waals surface area (Å²) in [5, 5.41) is 5.61. The maximum absolute atomic E-state index is 6.02. The molecule has 18 heavy (non-hydrogen) atoms. The Morgan fingerprint density at radius 3 is 2.83 bits per heavy atom. The van der Waals surface area contributed by atoms with Gasteiger partial charge in [0.1, 0.15) is 0 Å². The second kappa shape index (κ2) is 5.07. The van der Waals surface area contributed by atoms with E-state index in [0.717, 1.165) is 17.8 Å². The largest absolute Gasteiger partial charge is 0.382 e. The number of nitrogen functional groups attached to an aromatic ring is 1. The molecule has 3 nitrogen and oxygen atoms in total. The van der Waals surface area contributed by atoms with Crippen LogP contribution in [0.4, 0.5) is 5.82 Å². The summed E-state index contributed by atoms with van der Waals surface area (Å²) in [6, 6.07) is 6.39. The molecule has 1 aliphatic carbocycles. The second-order valence-corrected chi connectivity index (χ2v) is 6.48. The van der Waals surface area contributed by atoms with Gasteiger partial charge in [-0.2, -0.15) is 5.10 Å². The number of hydrogen-bond acceptors (Lipinski definition) is 2. The number of hydrogen-bond donors (Lipinski definition) is 1. The fourth-order valence-electron chi connectivity index (χ4n) is 2.93. The predicted octanol–water partition coefficient (Wildman–Crippen LogP) is 3.80.